The van der Waals surface area contributed by atoms with Crippen molar-refractivity contribution in [3.05, 3.63) is 100 Å². The second kappa shape index (κ2) is 6.95. The van der Waals surface area contributed by atoms with Crippen molar-refractivity contribution in [1.29, 1.82) is 0 Å². The van der Waals surface area contributed by atoms with E-state index in [0.717, 1.165) is 12.1 Å². The smallest absolute Gasteiger partial charge is 0.293 e. The number of aliphatic imine (C=N–C) groups is 1. The normalized spacial score (nSPS) is 17.6. The molecular formula is C23H15F4NO. The summed E-state index contributed by atoms with van der Waals surface area (Å²) in [5, 5.41) is 0. The molecule has 3 aromatic carbocycles. The third-order valence-electron chi connectivity index (χ3n) is 4.98. The molecule has 1 atom stereocenters. The average Bonchev–Trinajstić information content (AvgIpc) is 2.96. The maximum Gasteiger partial charge on any atom is 0.416 e. The minimum absolute atomic E-state index is 0.244. The number of halogens is 4. The van der Waals surface area contributed by atoms with E-state index in [1.807, 2.05) is 0 Å². The number of Topliss-reactive ketones (excluding diaryl/α,β-unsaturated/α-hetero) is 1. The van der Waals surface area contributed by atoms with Crippen LogP contribution in [0.1, 0.15) is 38.5 Å². The number of ketones is 1. The maximum absolute atomic E-state index is 14.0. The zero-order valence-corrected chi connectivity index (χ0v) is 15.3. The molecule has 0 saturated carbocycles. The lowest BCUT2D eigenvalue weighted by Crippen LogP contribution is -2.14. The van der Waals surface area contributed by atoms with Crippen LogP contribution < -0.4 is 0 Å². The second-order valence-electron chi connectivity index (χ2n) is 6.89. The summed E-state index contributed by atoms with van der Waals surface area (Å²) >= 11 is 0. The highest BCUT2D eigenvalue weighted by Crippen LogP contribution is 2.37. The summed E-state index contributed by atoms with van der Waals surface area (Å²) in [6, 6.07) is 15.9. The number of hydrogen-bond donors (Lipinski definition) is 0. The third-order valence-corrected chi connectivity index (χ3v) is 4.98. The van der Waals surface area contributed by atoms with Crippen LogP contribution in [0.4, 0.5) is 23.2 Å². The Morgan fingerprint density at radius 3 is 2.17 bits per heavy atom. The van der Waals surface area contributed by atoms with Gasteiger partial charge in [-0.25, -0.2) is 4.39 Å². The number of carbonyl (C=O) groups excluding carboxylic acids is 1. The Morgan fingerprint density at radius 1 is 0.897 bits per heavy atom. The van der Waals surface area contributed by atoms with Crippen LogP contribution in [0.2, 0.25) is 0 Å². The fourth-order valence-corrected chi connectivity index (χ4v) is 3.45. The lowest BCUT2D eigenvalue weighted by atomic mass is 9.92. The fraction of sp³-hybridized carbons (Fsp3) is 0.130. The van der Waals surface area contributed by atoms with Crippen LogP contribution in [-0.4, -0.2) is 11.5 Å². The first-order valence-electron chi connectivity index (χ1n) is 8.91. The van der Waals surface area contributed by atoms with Crippen LogP contribution in [0.25, 0.3) is 0 Å². The van der Waals surface area contributed by atoms with Crippen molar-refractivity contribution < 1.29 is 22.4 Å². The topological polar surface area (TPSA) is 29.4 Å². The molecule has 0 fully saturated rings. The van der Waals surface area contributed by atoms with Gasteiger partial charge in [-0.15, -0.1) is 0 Å². The van der Waals surface area contributed by atoms with Crippen LogP contribution in [0.5, 0.6) is 0 Å². The van der Waals surface area contributed by atoms with E-state index in [1.54, 1.807) is 43.3 Å². The molecule has 0 aliphatic heterocycles. The first-order chi connectivity index (χ1) is 13.8. The van der Waals surface area contributed by atoms with Gasteiger partial charge in [0.1, 0.15) is 5.82 Å². The van der Waals surface area contributed by atoms with E-state index in [-0.39, 0.29) is 5.78 Å². The molecule has 0 bridgehead atoms. The number of aryl methyl sites for hydroxylation is 1. The molecule has 0 aromatic heterocycles. The molecule has 29 heavy (non-hydrogen) atoms. The summed E-state index contributed by atoms with van der Waals surface area (Å²) in [7, 11) is 0. The van der Waals surface area contributed by atoms with Crippen molar-refractivity contribution in [1.82, 2.24) is 0 Å². The number of carbonyl (C=O) groups is 1. The number of nitrogens with zero attached hydrogens (tertiary/aromatic N) is 1. The first-order valence-corrected chi connectivity index (χ1v) is 8.91. The number of fused-ring (bicyclic) bond motifs is 1. The Hall–Kier alpha value is -3.28. The fourth-order valence-electron chi connectivity index (χ4n) is 3.45. The molecule has 146 valence electrons. The Morgan fingerprint density at radius 2 is 1.55 bits per heavy atom. The van der Waals surface area contributed by atoms with Gasteiger partial charge in [0.05, 0.1) is 22.9 Å². The van der Waals surface area contributed by atoms with Gasteiger partial charge in [-0.1, -0.05) is 42.5 Å². The van der Waals surface area contributed by atoms with E-state index in [4.69, 9.17) is 0 Å². The van der Waals surface area contributed by atoms with E-state index in [0.29, 0.717) is 33.7 Å². The predicted octanol–water partition coefficient (Wildman–Crippen LogP) is 6.25. The molecule has 0 heterocycles. The van der Waals surface area contributed by atoms with Gasteiger partial charge >= 0.3 is 6.18 Å². The van der Waals surface area contributed by atoms with Crippen molar-refractivity contribution in [2.24, 2.45) is 4.99 Å². The molecule has 6 heteroatoms. The van der Waals surface area contributed by atoms with E-state index < -0.39 is 23.5 Å². The number of hydrogen-bond acceptors (Lipinski definition) is 2. The zero-order chi connectivity index (χ0) is 20.8. The number of benzene rings is 3. The van der Waals surface area contributed by atoms with E-state index >= 15 is 0 Å². The molecule has 1 aliphatic rings. The van der Waals surface area contributed by atoms with Gasteiger partial charge in [0, 0.05) is 11.1 Å². The van der Waals surface area contributed by atoms with Crippen molar-refractivity contribution in [2.75, 3.05) is 0 Å². The molecule has 0 radical (unpaired) electrons. The Balaban J connectivity index is 1.84. The minimum Gasteiger partial charge on any atom is -0.293 e. The first kappa shape index (κ1) is 19.1. The van der Waals surface area contributed by atoms with Gasteiger partial charge < -0.3 is 0 Å². The summed E-state index contributed by atoms with van der Waals surface area (Å²) < 4.78 is 52.7. The minimum atomic E-state index is -4.46. The van der Waals surface area contributed by atoms with Crippen molar-refractivity contribution >= 4 is 17.2 Å². The van der Waals surface area contributed by atoms with E-state index in [1.165, 1.54) is 18.2 Å². The average molecular weight is 397 g/mol. The van der Waals surface area contributed by atoms with Crippen molar-refractivity contribution in [3.8, 4) is 0 Å². The molecule has 1 unspecified atom stereocenters. The van der Waals surface area contributed by atoms with Crippen LogP contribution >= 0.6 is 0 Å². The lowest BCUT2D eigenvalue weighted by molar-refractivity contribution is -0.137. The van der Waals surface area contributed by atoms with Crippen molar-refractivity contribution in [2.45, 2.75) is 19.0 Å². The quantitative estimate of drug-likeness (QED) is 0.470. The van der Waals surface area contributed by atoms with Crippen molar-refractivity contribution in [3.63, 3.8) is 0 Å². The molecule has 1 aliphatic carbocycles. The Bertz CT molecular complexity index is 1130. The molecule has 2 nitrogen and oxygen atoms in total. The molecule has 0 N–H and O–H groups in total. The largest absolute Gasteiger partial charge is 0.416 e. The Kier molecular flexibility index (Phi) is 4.57. The highest BCUT2D eigenvalue weighted by Gasteiger charge is 2.38. The zero-order valence-electron chi connectivity index (χ0n) is 15.3. The summed E-state index contributed by atoms with van der Waals surface area (Å²) in [4.78, 5) is 17.5. The summed E-state index contributed by atoms with van der Waals surface area (Å²) in [6.07, 6.45) is -4.46. The monoisotopic (exact) mass is 397 g/mol. The van der Waals surface area contributed by atoms with Crippen LogP contribution in [-0.2, 0) is 6.18 Å². The SMILES string of the molecule is Cc1ccc(N=C2c3ccccc3C(=O)C2c2ccc(C(F)(F)F)cc2)cc1F. The highest BCUT2D eigenvalue weighted by atomic mass is 19.4. The highest BCUT2D eigenvalue weighted by molar-refractivity contribution is 6.32. The molecule has 0 amide bonds. The maximum atomic E-state index is 14.0. The summed E-state index contributed by atoms with van der Waals surface area (Å²) in [6.45, 7) is 1.63. The lowest BCUT2D eigenvalue weighted by Gasteiger charge is -2.13. The van der Waals surface area contributed by atoms with Crippen LogP contribution in [0.15, 0.2) is 71.7 Å². The third kappa shape index (κ3) is 3.46. The summed E-state index contributed by atoms with van der Waals surface area (Å²) in [5.41, 5.74) is 1.87. The van der Waals surface area contributed by atoms with Crippen LogP contribution in [0.3, 0.4) is 0 Å². The second-order valence-corrected chi connectivity index (χ2v) is 6.89. The standard InChI is InChI=1S/C23H15F4NO/c1-13-6-11-16(12-19(13)24)28-21-17-4-2-3-5-18(17)22(29)20(21)14-7-9-15(10-8-14)23(25,26)27/h2-12,20H,1H3. The van der Waals surface area contributed by atoms with Gasteiger partial charge in [0.15, 0.2) is 5.78 Å². The van der Waals surface area contributed by atoms with Gasteiger partial charge in [-0.2, -0.15) is 13.2 Å². The van der Waals surface area contributed by atoms with Gasteiger partial charge in [-0.05, 0) is 42.3 Å². The molecule has 3 aromatic rings. The molecule has 0 saturated heterocycles. The molecular weight excluding hydrogens is 382 g/mol. The van der Waals surface area contributed by atoms with Gasteiger partial charge in [0.25, 0.3) is 0 Å². The summed E-state index contributed by atoms with van der Waals surface area (Å²) in [5.74, 6) is -1.51. The molecule has 0 spiro atoms. The van der Waals surface area contributed by atoms with E-state index in [2.05, 4.69) is 4.99 Å². The van der Waals surface area contributed by atoms with Gasteiger partial charge in [-0.3, -0.25) is 9.79 Å². The number of alkyl halides is 3. The number of rotatable bonds is 2. The van der Waals surface area contributed by atoms with Crippen LogP contribution in [0, 0.1) is 12.7 Å². The molecule has 4 rings (SSSR count). The van der Waals surface area contributed by atoms with E-state index in [9.17, 15) is 22.4 Å². The van der Waals surface area contributed by atoms with Gasteiger partial charge in [0.2, 0.25) is 0 Å². The predicted molar refractivity (Wildman–Crippen MR) is 102 cm³/mol. The Labute approximate surface area is 164 Å².